The molecule has 0 saturated heterocycles. The standard InChI is InChI=1S/C23H31FN2O/c1-3-4-13-25-23(27)21-15-22(19-11-8-12-20(24)14-19)26(17(21)2)16-18-9-6-5-7-10-18/h8,11-12,14-15,18H,3-7,9-10,13,16H2,1-2H3,(H,25,27). The molecule has 0 radical (unpaired) electrons. The summed E-state index contributed by atoms with van der Waals surface area (Å²) >= 11 is 0. The fraction of sp³-hybridized carbons (Fsp3) is 0.522. The summed E-state index contributed by atoms with van der Waals surface area (Å²) in [5.41, 5.74) is 3.47. The average molecular weight is 371 g/mol. The van der Waals surface area contributed by atoms with E-state index in [0.717, 1.165) is 36.3 Å². The summed E-state index contributed by atoms with van der Waals surface area (Å²) in [6, 6.07) is 8.62. The van der Waals surface area contributed by atoms with Crippen molar-refractivity contribution in [3.63, 3.8) is 0 Å². The molecule has 0 spiro atoms. The van der Waals surface area contributed by atoms with Crippen LogP contribution in [0.5, 0.6) is 0 Å². The van der Waals surface area contributed by atoms with E-state index in [1.165, 1.54) is 38.2 Å². The van der Waals surface area contributed by atoms with Gasteiger partial charge in [0.25, 0.3) is 5.91 Å². The molecule has 1 fully saturated rings. The van der Waals surface area contributed by atoms with Crippen LogP contribution in [0, 0.1) is 18.7 Å². The summed E-state index contributed by atoms with van der Waals surface area (Å²) in [6.45, 7) is 5.72. The molecule has 0 unspecified atom stereocenters. The predicted molar refractivity (Wildman–Crippen MR) is 108 cm³/mol. The molecule has 1 aliphatic rings. The lowest BCUT2D eigenvalue weighted by Crippen LogP contribution is -2.25. The monoisotopic (exact) mass is 370 g/mol. The highest BCUT2D eigenvalue weighted by Gasteiger charge is 2.22. The summed E-state index contributed by atoms with van der Waals surface area (Å²) in [6.07, 6.45) is 8.38. The van der Waals surface area contributed by atoms with Crippen LogP contribution in [0.15, 0.2) is 30.3 Å². The van der Waals surface area contributed by atoms with Gasteiger partial charge in [0.15, 0.2) is 0 Å². The van der Waals surface area contributed by atoms with Crippen molar-refractivity contribution in [1.82, 2.24) is 9.88 Å². The lowest BCUT2D eigenvalue weighted by molar-refractivity contribution is 0.0952. The number of rotatable bonds is 7. The Kier molecular flexibility index (Phi) is 6.70. The highest BCUT2D eigenvalue weighted by Crippen LogP contribution is 2.31. The molecule has 0 bridgehead atoms. The first-order valence-corrected chi connectivity index (χ1v) is 10.3. The highest BCUT2D eigenvalue weighted by atomic mass is 19.1. The van der Waals surface area contributed by atoms with Crippen molar-refractivity contribution in [1.29, 1.82) is 0 Å². The van der Waals surface area contributed by atoms with Gasteiger partial charge >= 0.3 is 0 Å². The summed E-state index contributed by atoms with van der Waals surface area (Å²) in [5.74, 6) is 0.360. The van der Waals surface area contributed by atoms with E-state index in [0.29, 0.717) is 18.0 Å². The van der Waals surface area contributed by atoms with E-state index in [1.54, 1.807) is 12.1 Å². The number of carbonyl (C=O) groups is 1. The van der Waals surface area contributed by atoms with Gasteiger partial charge in [-0.3, -0.25) is 4.79 Å². The van der Waals surface area contributed by atoms with Gasteiger partial charge in [-0.25, -0.2) is 4.39 Å². The van der Waals surface area contributed by atoms with Crippen LogP contribution in [-0.4, -0.2) is 17.0 Å². The van der Waals surface area contributed by atoms with Gasteiger partial charge in [-0.1, -0.05) is 44.7 Å². The average Bonchev–Trinajstić information content (AvgIpc) is 2.99. The number of unbranched alkanes of at least 4 members (excludes halogenated alkanes) is 1. The van der Waals surface area contributed by atoms with Gasteiger partial charge in [0.05, 0.1) is 5.56 Å². The molecule has 4 heteroatoms. The zero-order chi connectivity index (χ0) is 19.2. The van der Waals surface area contributed by atoms with Crippen molar-refractivity contribution in [2.45, 2.75) is 65.3 Å². The number of hydrogen-bond donors (Lipinski definition) is 1. The zero-order valence-corrected chi connectivity index (χ0v) is 16.6. The van der Waals surface area contributed by atoms with E-state index in [4.69, 9.17) is 0 Å². The minimum absolute atomic E-state index is 0.0269. The second kappa shape index (κ2) is 9.20. The molecule has 3 nitrogen and oxygen atoms in total. The van der Waals surface area contributed by atoms with Crippen molar-refractivity contribution >= 4 is 5.91 Å². The largest absolute Gasteiger partial charge is 0.352 e. The second-order valence-electron chi connectivity index (χ2n) is 7.76. The Bertz CT molecular complexity index is 775. The van der Waals surface area contributed by atoms with E-state index < -0.39 is 0 Å². The molecule has 0 atom stereocenters. The van der Waals surface area contributed by atoms with E-state index in [-0.39, 0.29) is 11.7 Å². The predicted octanol–water partition coefficient (Wildman–Crippen LogP) is 5.71. The van der Waals surface area contributed by atoms with Gasteiger partial charge in [-0.05, 0) is 50.3 Å². The van der Waals surface area contributed by atoms with Crippen LogP contribution >= 0.6 is 0 Å². The number of nitrogens with one attached hydrogen (secondary N) is 1. The molecule has 1 saturated carbocycles. The normalized spacial score (nSPS) is 15.1. The van der Waals surface area contributed by atoms with Gasteiger partial charge in [-0.2, -0.15) is 0 Å². The van der Waals surface area contributed by atoms with Crippen molar-refractivity contribution in [3.05, 3.63) is 47.4 Å². The zero-order valence-electron chi connectivity index (χ0n) is 16.6. The summed E-state index contributed by atoms with van der Waals surface area (Å²) < 4.78 is 16.1. The van der Waals surface area contributed by atoms with Crippen molar-refractivity contribution < 1.29 is 9.18 Å². The van der Waals surface area contributed by atoms with E-state index in [9.17, 15) is 9.18 Å². The molecule has 3 rings (SSSR count). The molecule has 1 aromatic heterocycles. The molecule has 1 N–H and O–H groups in total. The first-order chi connectivity index (χ1) is 13.1. The van der Waals surface area contributed by atoms with Crippen LogP contribution in [0.3, 0.4) is 0 Å². The number of benzene rings is 1. The van der Waals surface area contributed by atoms with E-state index >= 15 is 0 Å². The summed E-state index contributed by atoms with van der Waals surface area (Å²) in [4.78, 5) is 12.7. The number of amides is 1. The maximum absolute atomic E-state index is 13.8. The summed E-state index contributed by atoms with van der Waals surface area (Å²) in [7, 11) is 0. The molecule has 2 aromatic rings. The first-order valence-electron chi connectivity index (χ1n) is 10.3. The Hall–Kier alpha value is -2.10. The third-order valence-corrected chi connectivity index (χ3v) is 5.71. The SMILES string of the molecule is CCCCNC(=O)c1cc(-c2cccc(F)c2)n(CC2CCCCC2)c1C. The molecule has 1 amide bonds. The van der Waals surface area contributed by atoms with Crippen LogP contribution in [0.2, 0.25) is 0 Å². The fourth-order valence-corrected chi connectivity index (χ4v) is 4.10. The number of aromatic nitrogens is 1. The Balaban J connectivity index is 1.93. The van der Waals surface area contributed by atoms with Gasteiger partial charge in [0.1, 0.15) is 5.82 Å². The van der Waals surface area contributed by atoms with E-state index in [2.05, 4.69) is 16.8 Å². The quantitative estimate of drug-likeness (QED) is 0.622. The number of nitrogens with zero attached hydrogens (tertiary/aromatic N) is 1. The van der Waals surface area contributed by atoms with Gasteiger partial charge in [-0.15, -0.1) is 0 Å². The number of halogens is 1. The van der Waals surface area contributed by atoms with Crippen LogP contribution in [0.1, 0.15) is 67.9 Å². The molecule has 1 heterocycles. The fourth-order valence-electron chi connectivity index (χ4n) is 4.10. The maximum Gasteiger partial charge on any atom is 0.253 e. The lowest BCUT2D eigenvalue weighted by atomic mass is 9.89. The number of hydrogen-bond acceptors (Lipinski definition) is 1. The molecular formula is C23H31FN2O. The van der Waals surface area contributed by atoms with Crippen LogP contribution in [-0.2, 0) is 6.54 Å². The summed E-state index contributed by atoms with van der Waals surface area (Å²) in [5, 5.41) is 3.02. The van der Waals surface area contributed by atoms with Crippen molar-refractivity contribution in [2.24, 2.45) is 5.92 Å². The van der Waals surface area contributed by atoms with E-state index in [1.807, 2.05) is 19.1 Å². The lowest BCUT2D eigenvalue weighted by Gasteiger charge is -2.24. The van der Waals surface area contributed by atoms with Crippen LogP contribution < -0.4 is 5.32 Å². The second-order valence-corrected chi connectivity index (χ2v) is 7.76. The van der Waals surface area contributed by atoms with Gasteiger partial charge in [0.2, 0.25) is 0 Å². The molecule has 1 aromatic carbocycles. The Labute approximate surface area is 162 Å². The topological polar surface area (TPSA) is 34.0 Å². The minimum atomic E-state index is -0.246. The molecule has 0 aliphatic heterocycles. The number of carbonyl (C=O) groups excluding carboxylic acids is 1. The highest BCUT2D eigenvalue weighted by molar-refractivity contribution is 5.97. The minimum Gasteiger partial charge on any atom is -0.352 e. The van der Waals surface area contributed by atoms with Crippen molar-refractivity contribution in [2.75, 3.05) is 6.54 Å². The molecule has 146 valence electrons. The van der Waals surface area contributed by atoms with Gasteiger partial charge < -0.3 is 9.88 Å². The smallest absolute Gasteiger partial charge is 0.253 e. The van der Waals surface area contributed by atoms with Crippen LogP contribution in [0.4, 0.5) is 4.39 Å². The Morgan fingerprint density at radius 1 is 1.22 bits per heavy atom. The molecule has 1 aliphatic carbocycles. The van der Waals surface area contributed by atoms with Crippen molar-refractivity contribution in [3.8, 4) is 11.3 Å². The molecule has 27 heavy (non-hydrogen) atoms. The van der Waals surface area contributed by atoms with Crippen LogP contribution in [0.25, 0.3) is 11.3 Å². The third-order valence-electron chi connectivity index (χ3n) is 5.71. The third kappa shape index (κ3) is 4.79. The maximum atomic E-state index is 13.8. The molecular weight excluding hydrogens is 339 g/mol. The first kappa shape index (κ1) is 19.7. The Morgan fingerprint density at radius 3 is 2.70 bits per heavy atom. The van der Waals surface area contributed by atoms with Gasteiger partial charge in [0, 0.05) is 30.0 Å². The Morgan fingerprint density at radius 2 is 2.00 bits per heavy atom.